The second-order valence-electron chi connectivity index (χ2n) is 10.5. The van der Waals surface area contributed by atoms with E-state index < -0.39 is 0 Å². The Bertz CT molecular complexity index is 1450. The maximum Gasteiger partial charge on any atom is 0.239 e. The summed E-state index contributed by atoms with van der Waals surface area (Å²) in [4.78, 5) is 37.7. The minimum absolute atomic E-state index is 0.0584. The highest BCUT2D eigenvalue weighted by atomic mass is 32.1. The molecule has 2 aliphatic heterocycles. The SMILES string of the molecule is CCc1nc2ccccc2n1-c1nc(N2CCOCC2)c2nc(CC3CCN(C(=O)C(C)C)CC3)sc2n1. The zero-order valence-corrected chi connectivity index (χ0v) is 23.2. The second-order valence-corrected chi connectivity index (χ2v) is 11.6. The average molecular weight is 534 g/mol. The first-order valence-corrected chi connectivity index (χ1v) is 14.6. The van der Waals surface area contributed by atoms with Crippen molar-refractivity contribution in [1.29, 1.82) is 0 Å². The van der Waals surface area contributed by atoms with Crippen LogP contribution in [0.25, 0.3) is 27.3 Å². The molecule has 0 saturated carbocycles. The standard InChI is InChI=1S/C28H35N7O2S/c1-4-22-29-20-7-5-6-8-21(20)35(22)28-31-25(33-13-15-37-16-14-33)24-26(32-28)38-23(30-24)17-19-9-11-34(12-10-19)27(36)18(2)3/h5-8,18-19H,4,9-17H2,1-3H3. The van der Waals surface area contributed by atoms with Crippen LogP contribution >= 0.6 is 11.3 Å². The van der Waals surface area contributed by atoms with Gasteiger partial charge in [-0.25, -0.2) is 9.97 Å². The summed E-state index contributed by atoms with van der Waals surface area (Å²) in [6.45, 7) is 10.7. The Balaban J connectivity index is 1.35. The zero-order valence-electron chi connectivity index (χ0n) is 22.4. The molecule has 0 aliphatic carbocycles. The molecule has 200 valence electrons. The minimum Gasteiger partial charge on any atom is -0.378 e. The summed E-state index contributed by atoms with van der Waals surface area (Å²) in [7, 11) is 0. The lowest BCUT2D eigenvalue weighted by Gasteiger charge is -2.32. The fourth-order valence-electron chi connectivity index (χ4n) is 5.53. The smallest absolute Gasteiger partial charge is 0.239 e. The van der Waals surface area contributed by atoms with Gasteiger partial charge in [-0.1, -0.05) is 44.2 Å². The Labute approximate surface area is 226 Å². The third kappa shape index (κ3) is 4.75. The van der Waals surface area contributed by atoms with Gasteiger partial charge in [0.05, 0.1) is 29.3 Å². The van der Waals surface area contributed by atoms with Gasteiger partial charge in [-0.15, -0.1) is 0 Å². The quantitative estimate of drug-likeness (QED) is 0.366. The van der Waals surface area contributed by atoms with Gasteiger partial charge in [-0.05, 0) is 30.9 Å². The van der Waals surface area contributed by atoms with E-state index in [1.165, 1.54) is 0 Å². The maximum absolute atomic E-state index is 12.4. The van der Waals surface area contributed by atoms with E-state index in [2.05, 4.69) is 22.5 Å². The van der Waals surface area contributed by atoms with E-state index in [0.717, 1.165) is 89.9 Å². The first-order valence-electron chi connectivity index (χ1n) is 13.8. The van der Waals surface area contributed by atoms with Gasteiger partial charge in [0, 0.05) is 44.9 Å². The molecule has 0 N–H and O–H groups in total. The van der Waals surface area contributed by atoms with Crippen LogP contribution in [-0.2, 0) is 22.4 Å². The van der Waals surface area contributed by atoms with Gasteiger partial charge >= 0.3 is 0 Å². The van der Waals surface area contributed by atoms with Gasteiger partial charge in [-0.2, -0.15) is 9.97 Å². The van der Waals surface area contributed by atoms with Crippen molar-refractivity contribution in [1.82, 2.24) is 29.4 Å². The number of hydrogen-bond acceptors (Lipinski definition) is 8. The van der Waals surface area contributed by atoms with Crippen molar-refractivity contribution in [2.45, 2.75) is 46.5 Å². The number of morpholine rings is 1. The third-order valence-electron chi connectivity index (χ3n) is 7.61. The molecule has 9 nitrogen and oxygen atoms in total. The van der Waals surface area contributed by atoms with Gasteiger partial charge in [0.25, 0.3) is 0 Å². The molecule has 2 aliphatic rings. The number of imidazole rings is 1. The lowest BCUT2D eigenvalue weighted by atomic mass is 9.93. The van der Waals surface area contributed by atoms with E-state index in [1.807, 2.05) is 36.9 Å². The molecule has 0 bridgehead atoms. The fraction of sp³-hybridized carbons (Fsp3) is 0.536. The lowest BCUT2D eigenvalue weighted by molar-refractivity contribution is -0.135. The van der Waals surface area contributed by atoms with Gasteiger partial charge in [0.2, 0.25) is 11.9 Å². The second kappa shape index (κ2) is 10.6. The molecule has 0 radical (unpaired) electrons. The molecule has 5 heterocycles. The molecule has 1 amide bonds. The van der Waals surface area contributed by atoms with Crippen LogP contribution in [0.4, 0.5) is 5.82 Å². The number of carbonyl (C=O) groups is 1. The number of ether oxygens (including phenoxy) is 1. The molecule has 0 unspecified atom stereocenters. The summed E-state index contributed by atoms with van der Waals surface area (Å²) < 4.78 is 7.73. The largest absolute Gasteiger partial charge is 0.378 e. The van der Waals surface area contributed by atoms with E-state index in [4.69, 9.17) is 24.7 Å². The first kappa shape index (κ1) is 25.2. The average Bonchev–Trinajstić information content (AvgIpc) is 3.53. The van der Waals surface area contributed by atoms with Gasteiger partial charge < -0.3 is 14.5 Å². The summed E-state index contributed by atoms with van der Waals surface area (Å²) in [6.07, 6.45) is 3.73. The highest BCUT2D eigenvalue weighted by Gasteiger charge is 2.27. The molecule has 2 fully saturated rings. The van der Waals surface area contributed by atoms with E-state index >= 15 is 0 Å². The monoisotopic (exact) mass is 533 g/mol. The summed E-state index contributed by atoms with van der Waals surface area (Å²) in [6, 6.07) is 8.17. The molecule has 38 heavy (non-hydrogen) atoms. The van der Waals surface area contributed by atoms with Crippen LogP contribution in [0.15, 0.2) is 24.3 Å². The van der Waals surface area contributed by atoms with Gasteiger partial charge in [0.15, 0.2) is 10.6 Å². The highest BCUT2D eigenvalue weighted by molar-refractivity contribution is 7.18. The van der Waals surface area contributed by atoms with Crippen LogP contribution in [0.3, 0.4) is 0 Å². The van der Waals surface area contributed by atoms with E-state index in [-0.39, 0.29) is 11.8 Å². The molecular formula is C28H35N7O2S. The number of anilines is 1. The van der Waals surface area contributed by atoms with Gasteiger partial charge in [0.1, 0.15) is 11.3 Å². The van der Waals surface area contributed by atoms with E-state index in [1.54, 1.807) is 11.3 Å². The molecule has 1 aromatic carbocycles. The lowest BCUT2D eigenvalue weighted by Crippen LogP contribution is -2.40. The predicted octanol–water partition coefficient (Wildman–Crippen LogP) is 4.26. The molecule has 0 atom stereocenters. The number of thiazole rings is 1. The molecule has 4 aromatic rings. The normalized spacial score (nSPS) is 17.3. The number of piperidine rings is 1. The number of nitrogens with zero attached hydrogens (tertiary/aromatic N) is 7. The number of benzene rings is 1. The Morgan fingerprint density at radius 3 is 2.55 bits per heavy atom. The number of carbonyl (C=O) groups excluding carboxylic acids is 1. The van der Waals surface area contributed by atoms with Crippen molar-refractivity contribution in [3.05, 3.63) is 35.1 Å². The molecule has 3 aromatic heterocycles. The maximum atomic E-state index is 12.4. The third-order valence-corrected chi connectivity index (χ3v) is 8.58. The van der Waals surface area contributed by atoms with E-state index in [0.29, 0.717) is 25.1 Å². The summed E-state index contributed by atoms with van der Waals surface area (Å²) in [5.41, 5.74) is 2.85. The molecule has 2 saturated heterocycles. The number of amides is 1. The molecule has 10 heteroatoms. The highest BCUT2D eigenvalue weighted by Crippen LogP contribution is 2.33. The topological polar surface area (TPSA) is 89.3 Å². The zero-order chi connectivity index (χ0) is 26.2. The van der Waals surface area contributed by atoms with Crippen molar-refractivity contribution in [3.8, 4) is 5.95 Å². The number of hydrogen-bond donors (Lipinski definition) is 0. The van der Waals surface area contributed by atoms with Crippen molar-refractivity contribution >= 4 is 44.4 Å². The number of likely N-dealkylation sites (tertiary alicyclic amines) is 1. The van der Waals surface area contributed by atoms with Crippen molar-refractivity contribution in [3.63, 3.8) is 0 Å². The Kier molecular flexibility index (Phi) is 7.01. The van der Waals surface area contributed by atoms with Crippen molar-refractivity contribution in [2.24, 2.45) is 11.8 Å². The summed E-state index contributed by atoms with van der Waals surface area (Å²) >= 11 is 1.68. The first-order chi connectivity index (χ1) is 18.5. The van der Waals surface area contributed by atoms with Crippen molar-refractivity contribution < 1.29 is 9.53 Å². The van der Waals surface area contributed by atoms with Crippen LogP contribution in [0, 0.1) is 11.8 Å². The fourth-order valence-corrected chi connectivity index (χ4v) is 6.57. The molecule has 0 spiro atoms. The Hall–Kier alpha value is -3.11. The molecule has 6 rings (SSSR count). The van der Waals surface area contributed by atoms with Crippen LogP contribution < -0.4 is 4.90 Å². The van der Waals surface area contributed by atoms with E-state index in [9.17, 15) is 4.79 Å². The number of para-hydroxylation sites is 2. The Morgan fingerprint density at radius 1 is 1.05 bits per heavy atom. The summed E-state index contributed by atoms with van der Waals surface area (Å²) in [5.74, 6) is 3.33. The number of aryl methyl sites for hydroxylation is 1. The Morgan fingerprint density at radius 2 is 1.82 bits per heavy atom. The summed E-state index contributed by atoms with van der Waals surface area (Å²) in [5, 5.41) is 1.10. The number of rotatable bonds is 6. The van der Waals surface area contributed by atoms with Crippen LogP contribution in [0.2, 0.25) is 0 Å². The van der Waals surface area contributed by atoms with Crippen LogP contribution in [0.5, 0.6) is 0 Å². The van der Waals surface area contributed by atoms with Crippen LogP contribution in [0.1, 0.15) is 44.4 Å². The van der Waals surface area contributed by atoms with Crippen LogP contribution in [-0.4, -0.2) is 74.7 Å². The predicted molar refractivity (Wildman–Crippen MR) is 150 cm³/mol. The molecular weight excluding hydrogens is 498 g/mol. The number of aromatic nitrogens is 5. The van der Waals surface area contributed by atoms with Gasteiger partial charge in [-0.3, -0.25) is 9.36 Å². The minimum atomic E-state index is 0.0584. The number of fused-ring (bicyclic) bond motifs is 2. The van der Waals surface area contributed by atoms with Crippen molar-refractivity contribution in [2.75, 3.05) is 44.3 Å².